The molecule has 2 aromatic carbocycles. The second-order valence-electron chi connectivity index (χ2n) is 4.55. The smallest absolute Gasteiger partial charge is 0.190 e. The number of hydrogen-bond donors (Lipinski definition) is 1. The SMILES string of the molecule is COc1cccc([C@H](C[NH3+])S(=O)(=O)c2ccc(F)cc2)c1. The minimum Gasteiger partial charge on any atom is -0.497 e. The summed E-state index contributed by atoms with van der Waals surface area (Å²) >= 11 is 0. The van der Waals surface area contributed by atoms with Gasteiger partial charge in [-0.1, -0.05) is 12.1 Å². The quantitative estimate of drug-likeness (QED) is 0.853. The summed E-state index contributed by atoms with van der Waals surface area (Å²) in [6, 6.07) is 11.7. The van der Waals surface area contributed by atoms with Crippen LogP contribution in [0.4, 0.5) is 4.39 Å². The van der Waals surface area contributed by atoms with E-state index in [0.29, 0.717) is 11.3 Å². The van der Waals surface area contributed by atoms with Crippen LogP contribution in [0.25, 0.3) is 0 Å². The summed E-state index contributed by atoms with van der Waals surface area (Å²) in [5, 5.41) is -0.793. The van der Waals surface area contributed by atoms with Crippen LogP contribution >= 0.6 is 0 Å². The molecular formula is C15H17FNO3S+. The van der Waals surface area contributed by atoms with Gasteiger partial charge in [-0.25, -0.2) is 12.8 Å². The largest absolute Gasteiger partial charge is 0.497 e. The fourth-order valence-corrected chi connectivity index (χ4v) is 3.79. The molecule has 0 radical (unpaired) electrons. The van der Waals surface area contributed by atoms with Crippen molar-refractivity contribution in [1.29, 1.82) is 0 Å². The third kappa shape index (κ3) is 3.22. The molecule has 4 nitrogen and oxygen atoms in total. The number of benzene rings is 2. The maximum absolute atomic E-state index is 13.0. The van der Waals surface area contributed by atoms with Crippen LogP contribution in [0.3, 0.4) is 0 Å². The molecule has 0 aliphatic heterocycles. The Bertz CT molecular complexity index is 714. The van der Waals surface area contributed by atoms with Gasteiger partial charge in [0.25, 0.3) is 0 Å². The van der Waals surface area contributed by atoms with Gasteiger partial charge in [-0.05, 0) is 42.0 Å². The van der Waals surface area contributed by atoms with Crippen LogP contribution in [0.2, 0.25) is 0 Å². The number of rotatable bonds is 5. The Labute approximate surface area is 123 Å². The van der Waals surface area contributed by atoms with E-state index >= 15 is 0 Å². The molecule has 2 rings (SSSR count). The van der Waals surface area contributed by atoms with Crippen molar-refractivity contribution in [3.63, 3.8) is 0 Å². The van der Waals surface area contributed by atoms with Gasteiger partial charge in [-0.15, -0.1) is 0 Å². The van der Waals surface area contributed by atoms with Crippen molar-refractivity contribution in [2.45, 2.75) is 10.1 Å². The zero-order valence-electron chi connectivity index (χ0n) is 11.6. The Morgan fingerprint density at radius 1 is 1.19 bits per heavy atom. The molecule has 0 unspecified atom stereocenters. The van der Waals surface area contributed by atoms with Crippen molar-refractivity contribution in [2.24, 2.45) is 0 Å². The fraction of sp³-hybridized carbons (Fsp3) is 0.200. The number of sulfone groups is 1. The average Bonchev–Trinajstić information content (AvgIpc) is 2.48. The molecule has 3 N–H and O–H groups in total. The zero-order valence-corrected chi connectivity index (χ0v) is 12.4. The number of hydrogen-bond acceptors (Lipinski definition) is 3. The minimum absolute atomic E-state index is 0.0837. The second kappa shape index (κ2) is 6.24. The van der Waals surface area contributed by atoms with Gasteiger partial charge in [0.05, 0.1) is 18.6 Å². The summed E-state index contributed by atoms with van der Waals surface area (Å²) in [5.41, 5.74) is 4.34. The van der Waals surface area contributed by atoms with Crippen molar-refractivity contribution in [1.82, 2.24) is 0 Å². The van der Waals surface area contributed by atoms with Gasteiger partial charge in [-0.3, -0.25) is 0 Å². The molecule has 0 fully saturated rings. The van der Waals surface area contributed by atoms with Crippen molar-refractivity contribution >= 4 is 9.84 Å². The van der Waals surface area contributed by atoms with Crippen molar-refractivity contribution < 1.29 is 23.3 Å². The van der Waals surface area contributed by atoms with Crippen molar-refractivity contribution in [3.05, 3.63) is 59.9 Å². The molecule has 0 bridgehead atoms. The summed E-state index contributed by atoms with van der Waals surface area (Å²) in [6.07, 6.45) is 0. The summed E-state index contributed by atoms with van der Waals surface area (Å²) < 4.78 is 43.4. The Morgan fingerprint density at radius 2 is 1.86 bits per heavy atom. The van der Waals surface area contributed by atoms with E-state index in [4.69, 9.17) is 4.74 Å². The lowest BCUT2D eigenvalue weighted by molar-refractivity contribution is -0.367. The van der Waals surface area contributed by atoms with E-state index in [9.17, 15) is 12.8 Å². The van der Waals surface area contributed by atoms with Crippen LogP contribution in [0.1, 0.15) is 10.8 Å². The molecule has 0 amide bonds. The first-order valence-electron chi connectivity index (χ1n) is 6.41. The maximum atomic E-state index is 13.0. The van der Waals surface area contributed by atoms with E-state index in [0.717, 1.165) is 12.1 Å². The predicted octanol–water partition coefficient (Wildman–Crippen LogP) is 1.59. The molecule has 0 saturated heterocycles. The molecule has 1 atom stereocenters. The molecule has 112 valence electrons. The average molecular weight is 310 g/mol. The predicted molar refractivity (Wildman–Crippen MR) is 77.1 cm³/mol. The van der Waals surface area contributed by atoms with E-state index in [2.05, 4.69) is 5.73 Å². The van der Waals surface area contributed by atoms with Gasteiger partial charge in [0.15, 0.2) is 9.84 Å². The highest BCUT2D eigenvalue weighted by Gasteiger charge is 2.30. The Morgan fingerprint density at radius 3 is 2.43 bits per heavy atom. The fourth-order valence-electron chi connectivity index (χ4n) is 2.13. The van der Waals surface area contributed by atoms with Gasteiger partial charge < -0.3 is 10.5 Å². The van der Waals surface area contributed by atoms with Crippen LogP contribution in [-0.2, 0) is 9.84 Å². The molecule has 6 heteroatoms. The van der Waals surface area contributed by atoms with Gasteiger partial charge in [0.1, 0.15) is 16.8 Å². The van der Waals surface area contributed by atoms with Crippen LogP contribution in [0, 0.1) is 5.82 Å². The first-order valence-corrected chi connectivity index (χ1v) is 7.96. The van der Waals surface area contributed by atoms with Crippen molar-refractivity contribution in [3.8, 4) is 5.75 Å². The number of methoxy groups -OCH3 is 1. The van der Waals surface area contributed by atoms with Crippen LogP contribution < -0.4 is 10.5 Å². The molecule has 0 aliphatic rings. The highest BCUT2D eigenvalue weighted by atomic mass is 32.2. The summed E-state index contributed by atoms with van der Waals surface area (Å²) in [6.45, 7) is 0.173. The Balaban J connectivity index is 2.46. The molecule has 21 heavy (non-hydrogen) atoms. The van der Waals surface area contributed by atoms with Crippen LogP contribution in [0.5, 0.6) is 5.75 Å². The molecule has 0 saturated carbocycles. The molecule has 0 heterocycles. The second-order valence-corrected chi connectivity index (χ2v) is 6.68. The molecule has 0 spiro atoms. The van der Waals surface area contributed by atoms with E-state index in [-0.39, 0.29) is 11.4 Å². The van der Waals surface area contributed by atoms with Gasteiger partial charge in [-0.2, -0.15) is 0 Å². The lowest BCUT2D eigenvalue weighted by Crippen LogP contribution is -2.54. The van der Waals surface area contributed by atoms with E-state index in [1.807, 2.05) is 0 Å². The van der Waals surface area contributed by atoms with Gasteiger partial charge >= 0.3 is 0 Å². The normalized spacial score (nSPS) is 12.9. The standard InChI is InChI=1S/C15H16FNO3S/c1-20-13-4-2-3-11(9-13)15(10-17)21(18,19)14-7-5-12(16)6-8-14/h2-9,15H,10,17H2,1H3/p+1/t15-/m0/s1. The highest BCUT2D eigenvalue weighted by molar-refractivity contribution is 7.91. The molecular weight excluding hydrogens is 293 g/mol. The summed E-state index contributed by atoms with van der Waals surface area (Å²) in [7, 11) is -2.11. The van der Waals surface area contributed by atoms with Gasteiger partial charge in [0, 0.05) is 0 Å². The third-order valence-electron chi connectivity index (χ3n) is 3.24. The first-order chi connectivity index (χ1) is 9.98. The summed E-state index contributed by atoms with van der Waals surface area (Å²) in [5.74, 6) is 0.113. The zero-order chi connectivity index (χ0) is 15.5. The maximum Gasteiger partial charge on any atom is 0.190 e. The topological polar surface area (TPSA) is 71.0 Å². The highest BCUT2D eigenvalue weighted by Crippen LogP contribution is 2.29. The van der Waals surface area contributed by atoms with Gasteiger partial charge in [0.2, 0.25) is 0 Å². The van der Waals surface area contributed by atoms with E-state index in [1.165, 1.54) is 19.2 Å². The minimum atomic E-state index is -3.63. The van der Waals surface area contributed by atoms with E-state index in [1.54, 1.807) is 24.3 Å². The van der Waals surface area contributed by atoms with Crippen molar-refractivity contribution in [2.75, 3.05) is 13.7 Å². The van der Waals surface area contributed by atoms with E-state index < -0.39 is 20.9 Å². The first kappa shape index (κ1) is 15.5. The number of halogens is 1. The summed E-state index contributed by atoms with van der Waals surface area (Å²) in [4.78, 5) is 0.0837. The molecule has 0 aliphatic carbocycles. The Kier molecular flexibility index (Phi) is 4.59. The van der Waals surface area contributed by atoms with Crippen LogP contribution in [0.15, 0.2) is 53.4 Å². The Hall–Kier alpha value is -1.92. The lowest BCUT2D eigenvalue weighted by atomic mass is 10.1. The lowest BCUT2D eigenvalue weighted by Gasteiger charge is -2.15. The number of ether oxygens (including phenoxy) is 1. The third-order valence-corrected chi connectivity index (χ3v) is 5.43. The molecule has 2 aromatic rings. The number of quaternary nitrogens is 1. The monoisotopic (exact) mass is 310 g/mol. The van der Waals surface area contributed by atoms with Crippen LogP contribution in [-0.4, -0.2) is 22.1 Å². The molecule has 0 aromatic heterocycles.